The highest BCUT2D eigenvalue weighted by atomic mass is 32.1. The molecule has 0 spiro atoms. The summed E-state index contributed by atoms with van der Waals surface area (Å²) in [4.78, 5) is 38.0. The molecule has 2 heterocycles. The first-order chi connectivity index (χ1) is 15.8. The van der Waals surface area contributed by atoms with Crippen molar-refractivity contribution in [3.05, 3.63) is 69.2 Å². The van der Waals surface area contributed by atoms with Crippen molar-refractivity contribution in [1.29, 1.82) is 0 Å². The van der Waals surface area contributed by atoms with Gasteiger partial charge >= 0.3 is 5.97 Å². The first-order valence-corrected chi connectivity index (χ1v) is 10.9. The maximum Gasteiger partial charge on any atom is 0.340 e. The second-order valence-electron chi connectivity index (χ2n) is 7.10. The maximum absolute atomic E-state index is 12.5. The first kappa shape index (κ1) is 23.9. The fraction of sp³-hybridized carbons (Fsp3) is 0.261. The molecule has 2 N–H and O–H groups in total. The molecule has 0 unspecified atom stereocenters. The number of amides is 2. The zero-order valence-corrected chi connectivity index (χ0v) is 19.6. The van der Waals surface area contributed by atoms with E-state index in [1.807, 2.05) is 35.9 Å². The molecule has 2 amide bonds. The molecular weight excluding hydrogens is 446 g/mol. The van der Waals surface area contributed by atoms with Crippen LogP contribution in [0, 0.1) is 13.8 Å². The molecule has 3 rings (SSSR count). The lowest BCUT2D eigenvalue weighted by molar-refractivity contribution is -0.125. The zero-order valence-electron chi connectivity index (χ0n) is 18.8. The summed E-state index contributed by atoms with van der Waals surface area (Å²) >= 11 is 1.64. The molecule has 174 valence electrons. The number of aromatic nitrogens is 1. The highest BCUT2D eigenvalue weighted by molar-refractivity contribution is 7.09. The minimum Gasteiger partial charge on any atom is -0.493 e. The van der Waals surface area contributed by atoms with E-state index in [9.17, 15) is 14.4 Å². The molecule has 1 aromatic carbocycles. The van der Waals surface area contributed by atoms with Gasteiger partial charge in [0.1, 0.15) is 0 Å². The van der Waals surface area contributed by atoms with E-state index in [1.54, 1.807) is 23.5 Å². The van der Waals surface area contributed by atoms with Gasteiger partial charge in [-0.1, -0.05) is 6.07 Å². The number of benzene rings is 1. The summed E-state index contributed by atoms with van der Waals surface area (Å²) in [5.74, 6) is -0.999. The molecular formula is C23H25N3O6S. The number of thiophene rings is 1. The number of hydrogen-bond acceptors (Lipinski definition) is 7. The number of hydrogen-bond donors (Lipinski definition) is 2. The molecule has 10 heteroatoms. The number of nitrogens with one attached hydrogen (secondary N) is 2. The van der Waals surface area contributed by atoms with Crippen molar-refractivity contribution in [2.24, 2.45) is 0 Å². The Bertz CT molecular complexity index is 1150. The van der Waals surface area contributed by atoms with E-state index in [2.05, 4.69) is 10.9 Å². The third-order valence-electron chi connectivity index (χ3n) is 4.98. The maximum atomic E-state index is 12.5. The van der Waals surface area contributed by atoms with Gasteiger partial charge in [-0.2, -0.15) is 0 Å². The Hall–Kier alpha value is -3.79. The van der Waals surface area contributed by atoms with Crippen molar-refractivity contribution in [1.82, 2.24) is 15.4 Å². The second-order valence-corrected chi connectivity index (χ2v) is 8.13. The standard InChI is InChI=1S/C23H25N3O6S/c1-14-10-18(15(2)26(14)12-17-6-5-9-33-17)23(29)32-13-21(27)24-25-22(28)16-7-8-19(30-3)20(11-16)31-4/h5-11H,12-13H2,1-4H3,(H,24,27)(H,25,28). The smallest absolute Gasteiger partial charge is 0.340 e. The molecule has 0 bridgehead atoms. The fourth-order valence-corrected chi connectivity index (χ4v) is 3.92. The van der Waals surface area contributed by atoms with Gasteiger partial charge in [0.15, 0.2) is 18.1 Å². The number of carbonyl (C=O) groups excluding carboxylic acids is 3. The molecule has 0 aliphatic heterocycles. The van der Waals surface area contributed by atoms with Crippen LogP contribution in [-0.2, 0) is 16.1 Å². The minimum absolute atomic E-state index is 0.253. The zero-order chi connectivity index (χ0) is 24.0. The number of hydrazine groups is 1. The summed E-state index contributed by atoms with van der Waals surface area (Å²) in [7, 11) is 2.94. The van der Waals surface area contributed by atoms with Crippen LogP contribution in [0.25, 0.3) is 0 Å². The van der Waals surface area contributed by atoms with E-state index in [0.29, 0.717) is 23.6 Å². The van der Waals surface area contributed by atoms with E-state index in [1.165, 1.54) is 31.2 Å². The number of aryl methyl sites for hydroxylation is 1. The normalized spacial score (nSPS) is 10.4. The Morgan fingerprint density at radius 1 is 1.00 bits per heavy atom. The van der Waals surface area contributed by atoms with Gasteiger partial charge in [-0.05, 0) is 49.6 Å². The van der Waals surface area contributed by atoms with Crippen LogP contribution in [0.2, 0.25) is 0 Å². The SMILES string of the molecule is COc1ccc(C(=O)NNC(=O)COC(=O)c2cc(C)n(Cc3cccs3)c2C)cc1OC. The molecule has 0 saturated carbocycles. The van der Waals surface area contributed by atoms with E-state index < -0.39 is 24.4 Å². The van der Waals surface area contributed by atoms with Crippen LogP contribution in [0.1, 0.15) is 37.0 Å². The Kier molecular flexibility index (Phi) is 7.73. The van der Waals surface area contributed by atoms with Gasteiger partial charge in [0.25, 0.3) is 11.8 Å². The molecule has 3 aromatic rings. The molecule has 9 nitrogen and oxygen atoms in total. The van der Waals surface area contributed by atoms with E-state index >= 15 is 0 Å². The summed E-state index contributed by atoms with van der Waals surface area (Å²) in [6.07, 6.45) is 0. The van der Waals surface area contributed by atoms with Crippen LogP contribution in [0.3, 0.4) is 0 Å². The van der Waals surface area contributed by atoms with Gasteiger partial charge in [0, 0.05) is 21.8 Å². The van der Waals surface area contributed by atoms with Crippen molar-refractivity contribution in [2.45, 2.75) is 20.4 Å². The van der Waals surface area contributed by atoms with Crippen molar-refractivity contribution in [2.75, 3.05) is 20.8 Å². The largest absolute Gasteiger partial charge is 0.493 e. The van der Waals surface area contributed by atoms with E-state index in [4.69, 9.17) is 14.2 Å². The Morgan fingerprint density at radius 2 is 1.76 bits per heavy atom. The molecule has 0 atom stereocenters. The van der Waals surface area contributed by atoms with E-state index in [0.717, 1.165) is 11.4 Å². The number of esters is 1. The van der Waals surface area contributed by atoms with Crippen molar-refractivity contribution in [3.8, 4) is 11.5 Å². The average Bonchev–Trinajstić information content (AvgIpc) is 3.44. The number of nitrogens with zero attached hydrogens (tertiary/aromatic N) is 1. The Balaban J connectivity index is 1.53. The third-order valence-corrected chi connectivity index (χ3v) is 5.84. The van der Waals surface area contributed by atoms with Gasteiger partial charge in [-0.3, -0.25) is 20.4 Å². The lowest BCUT2D eigenvalue weighted by Gasteiger charge is -2.11. The summed E-state index contributed by atoms with van der Waals surface area (Å²) in [5.41, 5.74) is 6.82. The second kappa shape index (κ2) is 10.7. The van der Waals surface area contributed by atoms with Gasteiger partial charge in [0.05, 0.1) is 26.3 Å². The van der Waals surface area contributed by atoms with Crippen molar-refractivity contribution >= 4 is 29.1 Å². The van der Waals surface area contributed by atoms with E-state index in [-0.39, 0.29) is 5.56 Å². The molecule has 33 heavy (non-hydrogen) atoms. The average molecular weight is 472 g/mol. The lowest BCUT2D eigenvalue weighted by atomic mass is 10.2. The molecule has 0 saturated heterocycles. The van der Waals surface area contributed by atoms with Crippen LogP contribution in [0.5, 0.6) is 11.5 Å². The van der Waals surface area contributed by atoms with Crippen molar-refractivity contribution in [3.63, 3.8) is 0 Å². The van der Waals surface area contributed by atoms with Gasteiger partial charge in [-0.25, -0.2) is 4.79 Å². The summed E-state index contributed by atoms with van der Waals surface area (Å²) < 4.78 is 17.4. The number of methoxy groups -OCH3 is 2. The first-order valence-electron chi connectivity index (χ1n) is 10.0. The quantitative estimate of drug-likeness (QED) is 0.386. The van der Waals surface area contributed by atoms with Crippen LogP contribution >= 0.6 is 11.3 Å². The molecule has 0 aliphatic rings. The molecule has 0 radical (unpaired) electrons. The fourth-order valence-electron chi connectivity index (χ4n) is 3.23. The monoisotopic (exact) mass is 471 g/mol. The highest BCUT2D eigenvalue weighted by Crippen LogP contribution is 2.27. The van der Waals surface area contributed by atoms with Gasteiger partial charge in [0.2, 0.25) is 0 Å². The van der Waals surface area contributed by atoms with Crippen LogP contribution in [-0.4, -0.2) is 43.2 Å². The third kappa shape index (κ3) is 5.72. The highest BCUT2D eigenvalue weighted by Gasteiger charge is 2.19. The summed E-state index contributed by atoms with van der Waals surface area (Å²) in [5, 5.41) is 2.00. The predicted octanol–water partition coefficient (Wildman–Crippen LogP) is 2.85. The number of ether oxygens (including phenoxy) is 3. The van der Waals surface area contributed by atoms with Crippen LogP contribution in [0.15, 0.2) is 41.8 Å². The Morgan fingerprint density at radius 3 is 2.42 bits per heavy atom. The molecule has 2 aromatic heterocycles. The number of carbonyl (C=O) groups is 3. The van der Waals surface area contributed by atoms with Crippen molar-refractivity contribution < 1.29 is 28.6 Å². The molecule has 0 fully saturated rings. The van der Waals surface area contributed by atoms with Crippen LogP contribution in [0.4, 0.5) is 0 Å². The lowest BCUT2D eigenvalue weighted by Crippen LogP contribution is -2.43. The minimum atomic E-state index is -0.676. The number of rotatable bonds is 8. The van der Waals surface area contributed by atoms with Gasteiger partial charge in [-0.15, -0.1) is 11.3 Å². The molecule has 0 aliphatic carbocycles. The predicted molar refractivity (Wildman–Crippen MR) is 123 cm³/mol. The van der Waals surface area contributed by atoms with Crippen LogP contribution < -0.4 is 20.3 Å². The topological polar surface area (TPSA) is 108 Å². The summed E-state index contributed by atoms with van der Waals surface area (Å²) in [6.45, 7) is 3.86. The Labute approximate surface area is 195 Å². The van der Waals surface area contributed by atoms with Gasteiger partial charge < -0.3 is 18.8 Å². The summed E-state index contributed by atoms with van der Waals surface area (Å²) in [6, 6.07) is 10.3.